The normalized spacial score (nSPS) is 22.0. The maximum Gasteiger partial charge on any atom is 0.331 e. The Kier molecular flexibility index (Phi) is 5.19. The summed E-state index contributed by atoms with van der Waals surface area (Å²) in [6, 6.07) is 13.7. The fourth-order valence-electron chi connectivity index (χ4n) is 3.34. The van der Waals surface area contributed by atoms with Crippen molar-refractivity contribution in [1.82, 2.24) is 0 Å². The number of rotatable bonds is 3. The Morgan fingerprint density at radius 2 is 2.00 bits per heavy atom. The molecule has 4 rings (SSSR count). The second kappa shape index (κ2) is 7.62. The third kappa shape index (κ3) is 4.09. The molecule has 2 heterocycles. The van der Waals surface area contributed by atoms with E-state index < -0.39 is 5.60 Å². The fourth-order valence-corrected chi connectivity index (χ4v) is 3.82. The monoisotopic (exact) mass is 488 g/mol. The summed E-state index contributed by atoms with van der Waals surface area (Å²) in [7, 11) is 0. The minimum absolute atomic E-state index is 0.0184. The van der Waals surface area contributed by atoms with Crippen molar-refractivity contribution in [3.63, 3.8) is 0 Å². The number of hydrogen-bond donors (Lipinski definition) is 0. The third-order valence-electron chi connectivity index (χ3n) is 4.88. The summed E-state index contributed by atoms with van der Waals surface area (Å²) in [5.41, 5.74) is 2.36. The Bertz CT molecular complexity index is 947. The molecule has 0 radical (unpaired) electrons. The lowest BCUT2D eigenvalue weighted by atomic mass is 9.89. The topological polar surface area (TPSA) is 44.8 Å². The minimum atomic E-state index is -0.633. The summed E-state index contributed by atoms with van der Waals surface area (Å²) in [5.74, 6) is 1.23. The zero-order chi connectivity index (χ0) is 19.7. The van der Waals surface area contributed by atoms with Gasteiger partial charge in [-0.25, -0.2) is 4.79 Å². The Morgan fingerprint density at radius 3 is 2.79 bits per heavy atom. The molecule has 144 valence electrons. The highest BCUT2D eigenvalue weighted by Crippen LogP contribution is 2.41. The van der Waals surface area contributed by atoms with E-state index in [2.05, 4.69) is 34.7 Å². The number of hydrogen-bond acceptors (Lipinski definition) is 4. The molecule has 2 aromatic rings. The van der Waals surface area contributed by atoms with Crippen molar-refractivity contribution >= 4 is 40.7 Å². The van der Waals surface area contributed by atoms with Crippen LogP contribution in [0.2, 0.25) is 0 Å². The van der Waals surface area contributed by atoms with Crippen LogP contribution in [-0.4, -0.2) is 21.8 Å². The van der Waals surface area contributed by atoms with Gasteiger partial charge in [0.15, 0.2) is 4.11 Å². The van der Waals surface area contributed by atoms with Gasteiger partial charge in [-0.15, -0.1) is 0 Å². The Hall–Kier alpha value is -2.28. The molecule has 0 N–H and O–H groups in total. The first-order chi connectivity index (χ1) is 13.4. The van der Waals surface area contributed by atoms with E-state index in [1.54, 1.807) is 6.08 Å². The van der Waals surface area contributed by atoms with E-state index in [1.807, 2.05) is 56.3 Å². The van der Waals surface area contributed by atoms with Crippen LogP contribution >= 0.6 is 22.6 Å². The van der Waals surface area contributed by atoms with Gasteiger partial charge in [-0.05, 0) is 65.8 Å². The molecule has 2 aliphatic rings. The van der Waals surface area contributed by atoms with Crippen LogP contribution in [0.1, 0.15) is 30.5 Å². The fraction of sp³-hybridized carbons (Fsp3) is 0.261. The first kappa shape index (κ1) is 19.1. The van der Waals surface area contributed by atoms with Crippen LogP contribution in [0.4, 0.5) is 0 Å². The zero-order valence-corrected chi connectivity index (χ0v) is 17.9. The lowest BCUT2D eigenvalue weighted by Crippen LogP contribution is -2.48. The van der Waals surface area contributed by atoms with Crippen molar-refractivity contribution in [1.29, 1.82) is 0 Å². The number of halogens is 1. The average molecular weight is 488 g/mol. The molecule has 0 aliphatic carbocycles. The molecule has 0 fully saturated rings. The van der Waals surface area contributed by atoms with Crippen molar-refractivity contribution in [2.45, 2.75) is 36.1 Å². The van der Waals surface area contributed by atoms with Gasteiger partial charge in [0, 0.05) is 24.1 Å². The molecule has 28 heavy (non-hydrogen) atoms. The maximum absolute atomic E-state index is 12.4. The molecule has 0 bridgehead atoms. The highest BCUT2D eigenvalue weighted by atomic mass is 127. The molecule has 0 saturated heterocycles. The predicted molar refractivity (Wildman–Crippen MR) is 118 cm³/mol. The van der Waals surface area contributed by atoms with Gasteiger partial charge in [-0.1, -0.05) is 36.4 Å². The molecule has 1 unspecified atom stereocenters. The van der Waals surface area contributed by atoms with Crippen molar-refractivity contribution in [3.05, 3.63) is 71.3 Å². The molecule has 4 nitrogen and oxygen atoms in total. The van der Waals surface area contributed by atoms with E-state index in [9.17, 15) is 4.79 Å². The van der Waals surface area contributed by atoms with Gasteiger partial charge < -0.3 is 14.2 Å². The van der Waals surface area contributed by atoms with E-state index in [4.69, 9.17) is 14.2 Å². The van der Waals surface area contributed by atoms with Crippen LogP contribution in [0.5, 0.6) is 11.5 Å². The number of esters is 1. The predicted octanol–water partition coefficient (Wildman–Crippen LogP) is 5.19. The molecular weight excluding hydrogens is 467 g/mol. The first-order valence-electron chi connectivity index (χ1n) is 9.19. The third-order valence-corrected chi connectivity index (χ3v) is 5.55. The molecule has 2 aromatic carbocycles. The molecule has 0 amide bonds. The zero-order valence-electron chi connectivity index (χ0n) is 15.7. The van der Waals surface area contributed by atoms with Crippen LogP contribution < -0.4 is 9.47 Å². The van der Waals surface area contributed by atoms with Crippen LogP contribution in [0.3, 0.4) is 0 Å². The smallest absolute Gasteiger partial charge is 0.331 e. The number of alkyl halides is 1. The van der Waals surface area contributed by atoms with Gasteiger partial charge in [0.1, 0.15) is 23.2 Å². The van der Waals surface area contributed by atoms with E-state index in [0.29, 0.717) is 6.42 Å². The minimum Gasteiger partial charge on any atom is -0.484 e. The average Bonchev–Trinajstić information content (AvgIpc) is 2.66. The number of carbonyl (C=O) groups excluding carboxylic acids is 1. The van der Waals surface area contributed by atoms with Crippen LogP contribution in [-0.2, 0) is 16.0 Å². The van der Waals surface area contributed by atoms with Crippen molar-refractivity contribution in [3.8, 4) is 11.5 Å². The summed E-state index contributed by atoms with van der Waals surface area (Å²) in [5, 5.41) is 0. The largest absolute Gasteiger partial charge is 0.484 e. The second-order valence-corrected chi connectivity index (χ2v) is 8.63. The molecule has 2 aliphatic heterocycles. The Balaban J connectivity index is 1.51. The molecule has 0 spiro atoms. The van der Waals surface area contributed by atoms with E-state index in [0.717, 1.165) is 28.2 Å². The quantitative estimate of drug-likeness (QED) is 0.258. The number of benzene rings is 2. The van der Waals surface area contributed by atoms with Gasteiger partial charge in [0.25, 0.3) is 0 Å². The Labute approximate surface area is 178 Å². The molecular formula is C23H21IO4. The van der Waals surface area contributed by atoms with Gasteiger partial charge in [-0.2, -0.15) is 0 Å². The summed E-state index contributed by atoms with van der Waals surface area (Å²) in [6.07, 6.45) is 7.50. The lowest BCUT2D eigenvalue weighted by molar-refractivity contribution is -0.155. The van der Waals surface area contributed by atoms with Crippen LogP contribution in [0.15, 0.2) is 54.6 Å². The lowest BCUT2D eigenvalue weighted by Gasteiger charge is -2.39. The van der Waals surface area contributed by atoms with Crippen molar-refractivity contribution in [2.75, 3.05) is 0 Å². The summed E-state index contributed by atoms with van der Waals surface area (Å²) in [6.45, 7) is 3.88. The van der Waals surface area contributed by atoms with E-state index in [1.165, 1.54) is 6.08 Å². The SMILES string of the molecule is CC1(C)Oc2cc3c(cc2C[C@H]1OC(=O)/C=C/c1ccccc1)C=CC(I)O3. The molecule has 2 atom stereocenters. The van der Waals surface area contributed by atoms with E-state index >= 15 is 0 Å². The number of carbonyl (C=O) groups is 1. The highest BCUT2D eigenvalue weighted by Gasteiger charge is 2.40. The highest BCUT2D eigenvalue weighted by molar-refractivity contribution is 14.1. The van der Waals surface area contributed by atoms with Gasteiger partial charge >= 0.3 is 5.97 Å². The van der Waals surface area contributed by atoms with Gasteiger partial charge in [0.05, 0.1) is 0 Å². The van der Waals surface area contributed by atoms with E-state index in [-0.39, 0.29) is 16.2 Å². The molecule has 0 saturated carbocycles. The van der Waals surface area contributed by atoms with Crippen LogP contribution in [0, 0.1) is 0 Å². The van der Waals surface area contributed by atoms with Crippen molar-refractivity contribution < 1.29 is 19.0 Å². The summed E-state index contributed by atoms with van der Waals surface area (Å²) in [4.78, 5) is 12.4. The van der Waals surface area contributed by atoms with Gasteiger partial charge in [-0.3, -0.25) is 0 Å². The van der Waals surface area contributed by atoms with Gasteiger partial charge in [0.2, 0.25) is 0 Å². The number of ether oxygens (including phenoxy) is 3. The molecule has 0 aromatic heterocycles. The first-order valence-corrected chi connectivity index (χ1v) is 10.4. The maximum atomic E-state index is 12.4. The standard InChI is InChI=1S/C23H21IO4/c1-23(2)20(27-22(25)11-8-15-6-4-3-5-7-15)13-17-12-16-9-10-21(24)26-18(16)14-19(17)28-23/h3-12,14,20-21H,13H2,1-2H3/b11-8+/t20-,21?/m1/s1. The summed E-state index contributed by atoms with van der Waals surface area (Å²) < 4.78 is 17.8. The number of fused-ring (bicyclic) bond motifs is 2. The van der Waals surface area contributed by atoms with Crippen molar-refractivity contribution in [2.24, 2.45) is 0 Å². The van der Waals surface area contributed by atoms with Crippen LogP contribution in [0.25, 0.3) is 12.2 Å². The summed E-state index contributed by atoms with van der Waals surface area (Å²) >= 11 is 2.23. The Morgan fingerprint density at radius 1 is 1.21 bits per heavy atom. The second-order valence-electron chi connectivity index (χ2n) is 7.41. The molecule has 5 heteroatoms.